The van der Waals surface area contributed by atoms with E-state index in [4.69, 9.17) is 19.3 Å². The quantitative estimate of drug-likeness (QED) is 0.835. The Balaban J connectivity index is 2.03. The minimum Gasteiger partial charge on any atom is -0.493 e. The van der Waals surface area contributed by atoms with Gasteiger partial charge in [-0.25, -0.2) is 0 Å². The van der Waals surface area contributed by atoms with E-state index in [1.54, 1.807) is 7.11 Å². The molecule has 2 rings (SSSR count). The SMILES string of the molecule is COc1ccc(NC2CCCOCC2)cc1OCCO. The Morgan fingerprint density at radius 3 is 3.00 bits per heavy atom. The molecule has 0 bridgehead atoms. The first kappa shape index (κ1) is 14.9. The van der Waals surface area contributed by atoms with Crippen molar-refractivity contribution in [3.8, 4) is 11.5 Å². The van der Waals surface area contributed by atoms with E-state index in [2.05, 4.69) is 5.32 Å². The van der Waals surface area contributed by atoms with Crippen molar-refractivity contribution >= 4 is 5.69 Å². The molecule has 5 nitrogen and oxygen atoms in total. The van der Waals surface area contributed by atoms with Gasteiger partial charge in [-0.05, 0) is 31.4 Å². The number of aliphatic hydroxyl groups excluding tert-OH is 1. The molecule has 1 aromatic rings. The van der Waals surface area contributed by atoms with Crippen LogP contribution < -0.4 is 14.8 Å². The van der Waals surface area contributed by atoms with Crippen molar-refractivity contribution < 1.29 is 19.3 Å². The maximum absolute atomic E-state index is 8.86. The average molecular weight is 281 g/mol. The normalized spacial score (nSPS) is 19.2. The fraction of sp³-hybridized carbons (Fsp3) is 0.600. The van der Waals surface area contributed by atoms with Gasteiger partial charge in [0.05, 0.1) is 13.7 Å². The molecule has 2 N–H and O–H groups in total. The molecule has 1 saturated heterocycles. The highest BCUT2D eigenvalue weighted by Gasteiger charge is 2.13. The zero-order valence-corrected chi connectivity index (χ0v) is 11.9. The van der Waals surface area contributed by atoms with Crippen molar-refractivity contribution in [1.82, 2.24) is 0 Å². The predicted molar refractivity (Wildman–Crippen MR) is 77.7 cm³/mol. The van der Waals surface area contributed by atoms with Crippen molar-refractivity contribution in [3.05, 3.63) is 18.2 Å². The summed E-state index contributed by atoms with van der Waals surface area (Å²) in [6, 6.07) is 6.20. The lowest BCUT2D eigenvalue weighted by Gasteiger charge is -2.18. The van der Waals surface area contributed by atoms with Crippen LogP contribution in [0.1, 0.15) is 19.3 Å². The van der Waals surface area contributed by atoms with Crippen molar-refractivity contribution in [1.29, 1.82) is 0 Å². The van der Waals surface area contributed by atoms with Crippen LogP contribution in [-0.2, 0) is 4.74 Å². The van der Waals surface area contributed by atoms with E-state index < -0.39 is 0 Å². The number of nitrogens with one attached hydrogen (secondary N) is 1. The number of hydrogen-bond donors (Lipinski definition) is 2. The molecule has 0 saturated carbocycles. The van der Waals surface area contributed by atoms with E-state index >= 15 is 0 Å². The van der Waals surface area contributed by atoms with Crippen molar-refractivity contribution in [2.24, 2.45) is 0 Å². The van der Waals surface area contributed by atoms with Crippen LogP contribution in [0.2, 0.25) is 0 Å². The van der Waals surface area contributed by atoms with Gasteiger partial charge in [0.2, 0.25) is 0 Å². The van der Waals surface area contributed by atoms with Gasteiger partial charge in [0, 0.05) is 31.0 Å². The average Bonchev–Trinajstić information content (AvgIpc) is 2.74. The van der Waals surface area contributed by atoms with E-state index in [1.165, 1.54) is 0 Å². The van der Waals surface area contributed by atoms with Crippen molar-refractivity contribution in [2.45, 2.75) is 25.3 Å². The Hall–Kier alpha value is -1.46. The van der Waals surface area contributed by atoms with Crippen LogP contribution in [0.15, 0.2) is 18.2 Å². The second kappa shape index (κ2) is 7.97. The first-order valence-corrected chi connectivity index (χ1v) is 7.09. The predicted octanol–water partition coefficient (Wildman–Crippen LogP) is 2.05. The molecule has 1 aliphatic heterocycles. The van der Waals surface area contributed by atoms with Crippen LogP contribution in [0.25, 0.3) is 0 Å². The van der Waals surface area contributed by atoms with E-state index in [9.17, 15) is 0 Å². The molecule has 0 spiro atoms. The van der Waals surface area contributed by atoms with Gasteiger partial charge < -0.3 is 24.6 Å². The number of methoxy groups -OCH3 is 1. The summed E-state index contributed by atoms with van der Waals surface area (Å²) in [5.74, 6) is 1.32. The maximum Gasteiger partial charge on any atom is 0.163 e. The molecule has 1 unspecified atom stereocenters. The van der Waals surface area contributed by atoms with Crippen LogP contribution >= 0.6 is 0 Å². The van der Waals surface area contributed by atoms with Gasteiger partial charge in [-0.3, -0.25) is 0 Å². The van der Waals surface area contributed by atoms with E-state index in [0.29, 0.717) is 17.5 Å². The third-order valence-electron chi connectivity index (χ3n) is 3.34. The Morgan fingerprint density at radius 2 is 2.20 bits per heavy atom. The second-order valence-corrected chi connectivity index (χ2v) is 4.82. The zero-order chi connectivity index (χ0) is 14.2. The molecule has 1 aliphatic rings. The zero-order valence-electron chi connectivity index (χ0n) is 11.9. The van der Waals surface area contributed by atoms with Gasteiger partial charge in [0.1, 0.15) is 6.61 Å². The van der Waals surface area contributed by atoms with Gasteiger partial charge in [-0.1, -0.05) is 0 Å². The second-order valence-electron chi connectivity index (χ2n) is 4.82. The summed E-state index contributed by atoms with van der Waals surface area (Å²) < 4.78 is 16.2. The molecule has 5 heteroatoms. The van der Waals surface area contributed by atoms with Crippen molar-refractivity contribution in [3.63, 3.8) is 0 Å². The number of hydrogen-bond acceptors (Lipinski definition) is 5. The van der Waals surface area contributed by atoms with Crippen LogP contribution in [0.4, 0.5) is 5.69 Å². The molecule has 0 aromatic heterocycles. The van der Waals surface area contributed by atoms with Gasteiger partial charge in [0.15, 0.2) is 11.5 Å². The smallest absolute Gasteiger partial charge is 0.163 e. The lowest BCUT2D eigenvalue weighted by molar-refractivity contribution is 0.144. The minimum absolute atomic E-state index is 0.0131. The lowest BCUT2D eigenvalue weighted by Crippen LogP contribution is -2.19. The highest BCUT2D eigenvalue weighted by atomic mass is 16.5. The molecular formula is C15H23NO4. The standard InChI is InChI=1S/C15H23NO4/c1-18-14-5-4-13(11-15(14)20-10-7-17)16-12-3-2-8-19-9-6-12/h4-5,11-12,16-17H,2-3,6-10H2,1H3. The highest BCUT2D eigenvalue weighted by Crippen LogP contribution is 2.31. The Morgan fingerprint density at radius 1 is 1.30 bits per heavy atom. The van der Waals surface area contributed by atoms with Gasteiger partial charge in [0.25, 0.3) is 0 Å². The molecule has 0 radical (unpaired) electrons. The van der Waals surface area contributed by atoms with Crippen LogP contribution in [0.3, 0.4) is 0 Å². The Labute approximate surface area is 119 Å². The Bertz CT molecular complexity index is 403. The maximum atomic E-state index is 8.86. The Kier molecular flexibility index (Phi) is 5.95. The summed E-state index contributed by atoms with van der Waals surface area (Å²) in [5.41, 5.74) is 1.01. The highest BCUT2D eigenvalue weighted by molar-refractivity contribution is 5.55. The van der Waals surface area contributed by atoms with E-state index in [0.717, 1.165) is 38.2 Å². The summed E-state index contributed by atoms with van der Waals surface area (Å²) in [6.07, 6.45) is 3.21. The summed E-state index contributed by atoms with van der Waals surface area (Å²) >= 11 is 0. The number of anilines is 1. The number of ether oxygens (including phenoxy) is 3. The van der Waals surface area contributed by atoms with E-state index in [-0.39, 0.29) is 13.2 Å². The first-order valence-electron chi connectivity index (χ1n) is 7.09. The summed E-state index contributed by atoms with van der Waals surface area (Å²) in [6.45, 7) is 1.91. The summed E-state index contributed by atoms with van der Waals surface area (Å²) in [7, 11) is 1.61. The third kappa shape index (κ3) is 4.28. The van der Waals surface area contributed by atoms with Crippen molar-refractivity contribution in [2.75, 3.05) is 38.9 Å². The molecule has 0 amide bonds. The summed E-state index contributed by atoms with van der Waals surface area (Å²) in [5, 5.41) is 12.4. The molecule has 1 atom stereocenters. The molecule has 1 fully saturated rings. The van der Waals surface area contributed by atoms with Gasteiger partial charge >= 0.3 is 0 Å². The fourth-order valence-corrected chi connectivity index (χ4v) is 2.32. The van der Waals surface area contributed by atoms with Crippen LogP contribution in [-0.4, -0.2) is 44.7 Å². The molecule has 1 heterocycles. The molecule has 1 aromatic carbocycles. The molecule has 0 aliphatic carbocycles. The fourth-order valence-electron chi connectivity index (χ4n) is 2.32. The minimum atomic E-state index is -0.0131. The van der Waals surface area contributed by atoms with Crippen LogP contribution in [0, 0.1) is 0 Å². The number of rotatable bonds is 6. The number of benzene rings is 1. The topological polar surface area (TPSA) is 60.0 Å². The third-order valence-corrected chi connectivity index (χ3v) is 3.34. The largest absolute Gasteiger partial charge is 0.493 e. The van der Waals surface area contributed by atoms with Gasteiger partial charge in [-0.2, -0.15) is 0 Å². The van der Waals surface area contributed by atoms with Crippen LogP contribution in [0.5, 0.6) is 11.5 Å². The summed E-state index contributed by atoms with van der Waals surface area (Å²) in [4.78, 5) is 0. The monoisotopic (exact) mass is 281 g/mol. The number of aliphatic hydroxyl groups is 1. The molecule has 112 valence electrons. The molecular weight excluding hydrogens is 258 g/mol. The van der Waals surface area contributed by atoms with E-state index in [1.807, 2.05) is 18.2 Å². The first-order chi connectivity index (χ1) is 9.83. The van der Waals surface area contributed by atoms with Gasteiger partial charge in [-0.15, -0.1) is 0 Å². The molecule has 20 heavy (non-hydrogen) atoms. The lowest BCUT2D eigenvalue weighted by atomic mass is 10.1.